The SMILES string of the molecule is CN=C(NCc1nc(-c2ccco2)n[nH]1)NC1CCN(C(=O)C2CCCCC2)C1.I. The smallest absolute Gasteiger partial charge is 0.225 e. The van der Waals surface area contributed by atoms with E-state index in [1.165, 1.54) is 19.3 Å². The van der Waals surface area contributed by atoms with Gasteiger partial charge in [-0.3, -0.25) is 14.9 Å². The third-order valence-electron chi connectivity index (χ3n) is 5.72. The van der Waals surface area contributed by atoms with Crippen LogP contribution >= 0.6 is 24.0 Å². The van der Waals surface area contributed by atoms with Gasteiger partial charge in [-0.25, -0.2) is 4.98 Å². The quantitative estimate of drug-likeness (QED) is 0.313. The Hall–Kier alpha value is -2.11. The van der Waals surface area contributed by atoms with E-state index in [-0.39, 0.29) is 35.9 Å². The number of nitrogens with one attached hydrogen (secondary N) is 3. The van der Waals surface area contributed by atoms with E-state index in [1.54, 1.807) is 19.4 Å². The molecule has 30 heavy (non-hydrogen) atoms. The van der Waals surface area contributed by atoms with Crippen molar-refractivity contribution in [3.8, 4) is 11.6 Å². The normalized spacial score (nSPS) is 20.1. The minimum absolute atomic E-state index is 0. The predicted molar refractivity (Wildman–Crippen MR) is 124 cm³/mol. The van der Waals surface area contributed by atoms with Crippen molar-refractivity contribution < 1.29 is 9.21 Å². The molecular weight excluding hydrogens is 497 g/mol. The number of carbonyl (C=O) groups excluding carboxylic acids is 1. The van der Waals surface area contributed by atoms with Gasteiger partial charge in [0.1, 0.15) is 5.82 Å². The first kappa shape index (κ1) is 22.6. The second kappa shape index (κ2) is 10.8. The standard InChI is InChI=1S/C20H29N7O2.HI/c1-21-20(22-12-17-24-18(26-25-17)16-8-5-11-29-16)23-15-9-10-27(13-15)19(28)14-6-3-2-4-7-14;/h5,8,11,14-15H,2-4,6-7,9-10,12-13H2,1H3,(H2,21,22,23)(H,24,25,26);1H. The first-order valence-electron chi connectivity index (χ1n) is 10.4. The predicted octanol–water partition coefficient (Wildman–Crippen LogP) is 2.53. The van der Waals surface area contributed by atoms with E-state index in [2.05, 4.69) is 30.8 Å². The fourth-order valence-electron chi connectivity index (χ4n) is 4.13. The lowest BCUT2D eigenvalue weighted by Gasteiger charge is -2.26. The molecule has 1 unspecified atom stereocenters. The van der Waals surface area contributed by atoms with Crippen molar-refractivity contribution in [1.82, 2.24) is 30.7 Å². The molecule has 2 aromatic rings. The summed E-state index contributed by atoms with van der Waals surface area (Å²) in [5.74, 6) is 3.11. The van der Waals surface area contributed by atoms with Gasteiger partial charge in [0.25, 0.3) is 0 Å². The van der Waals surface area contributed by atoms with Crippen LogP contribution in [0.15, 0.2) is 27.8 Å². The molecule has 4 rings (SSSR count). The summed E-state index contributed by atoms with van der Waals surface area (Å²) in [4.78, 5) is 23.5. The first-order chi connectivity index (χ1) is 14.2. The van der Waals surface area contributed by atoms with Crippen LogP contribution in [0, 0.1) is 5.92 Å². The third kappa shape index (κ3) is 5.52. The Morgan fingerprint density at radius 2 is 2.17 bits per heavy atom. The summed E-state index contributed by atoms with van der Waals surface area (Å²) in [5.41, 5.74) is 0. The Balaban J connectivity index is 0.00000256. The van der Waals surface area contributed by atoms with Gasteiger partial charge >= 0.3 is 0 Å². The second-order valence-corrected chi connectivity index (χ2v) is 7.76. The van der Waals surface area contributed by atoms with Crippen molar-refractivity contribution in [2.45, 2.75) is 51.1 Å². The Labute approximate surface area is 193 Å². The van der Waals surface area contributed by atoms with Gasteiger partial charge in [-0.15, -0.1) is 29.1 Å². The van der Waals surface area contributed by atoms with Crippen LogP contribution < -0.4 is 10.6 Å². The Morgan fingerprint density at radius 3 is 2.90 bits per heavy atom. The minimum Gasteiger partial charge on any atom is -0.461 e. The number of hydrogen-bond donors (Lipinski definition) is 3. The number of aromatic nitrogens is 3. The number of aromatic amines is 1. The fraction of sp³-hybridized carbons (Fsp3) is 0.600. The molecule has 1 saturated heterocycles. The molecule has 1 amide bonds. The summed E-state index contributed by atoms with van der Waals surface area (Å²) in [6.07, 6.45) is 8.27. The van der Waals surface area contributed by atoms with E-state index in [4.69, 9.17) is 4.42 Å². The van der Waals surface area contributed by atoms with E-state index in [9.17, 15) is 4.79 Å². The van der Waals surface area contributed by atoms with Crippen molar-refractivity contribution in [3.63, 3.8) is 0 Å². The summed E-state index contributed by atoms with van der Waals surface area (Å²) >= 11 is 0. The summed E-state index contributed by atoms with van der Waals surface area (Å²) in [5, 5.41) is 13.7. The van der Waals surface area contributed by atoms with Gasteiger partial charge < -0.3 is 20.0 Å². The largest absolute Gasteiger partial charge is 0.461 e. The number of H-pyrrole nitrogens is 1. The van der Waals surface area contributed by atoms with Gasteiger partial charge in [0, 0.05) is 32.1 Å². The van der Waals surface area contributed by atoms with E-state index >= 15 is 0 Å². The molecule has 1 saturated carbocycles. The van der Waals surface area contributed by atoms with Crippen molar-refractivity contribution in [2.24, 2.45) is 10.9 Å². The molecule has 1 atom stereocenters. The number of likely N-dealkylation sites (tertiary alicyclic amines) is 1. The van der Waals surface area contributed by atoms with Gasteiger partial charge in [-0.1, -0.05) is 19.3 Å². The topological polar surface area (TPSA) is 111 Å². The third-order valence-corrected chi connectivity index (χ3v) is 5.72. The Bertz CT molecular complexity index is 830. The molecule has 3 N–H and O–H groups in total. The maximum atomic E-state index is 12.7. The van der Waals surface area contributed by atoms with Crippen molar-refractivity contribution in [2.75, 3.05) is 20.1 Å². The second-order valence-electron chi connectivity index (χ2n) is 7.76. The number of hydrogen-bond acceptors (Lipinski definition) is 5. The number of amides is 1. The number of rotatable bonds is 5. The van der Waals surface area contributed by atoms with Crippen LogP contribution in [0.5, 0.6) is 0 Å². The summed E-state index contributed by atoms with van der Waals surface area (Å²) in [6, 6.07) is 3.84. The number of guanidine groups is 1. The average Bonchev–Trinajstić information content (AvgIpc) is 3.52. The molecule has 0 radical (unpaired) electrons. The Kier molecular flexibility index (Phi) is 8.11. The molecule has 2 aromatic heterocycles. The molecule has 0 spiro atoms. The van der Waals surface area contributed by atoms with Crippen LogP contribution in [0.2, 0.25) is 0 Å². The van der Waals surface area contributed by atoms with Crippen LogP contribution in [0.25, 0.3) is 11.6 Å². The monoisotopic (exact) mass is 527 g/mol. The summed E-state index contributed by atoms with van der Waals surface area (Å²) in [6.45, 7) is 2.02. The molecule has 2 aliphatic rings. The molecule has 1 aliphatic heterocycles. The fourth-order valence-corrected chi connectivity index (χ4v) is 4.13. The van der Waals surface area contributed by atoms with Gasteiger partial charge in [0.2, 0.25) is 11.7 Å². The lowest BCUT2D eigenvalue weighted by molar-refractivity contribution is -0.135. The Morgan fingerprint density at radius 1 is 1.33 bits per heavy atom. The average molecular weight is 527 g/mol. The number of carbonyl (C=O) groups is 1. The van der Waals surface area contributed by atoms with Crippen LogP contribution in [-0.4, -0.2) is 58.1 Å². The van der Waals surface area contributed by atoms with Crippen molar-refractivity contribution in [1.29, 1.82) is 0 Å². The van der Waals surface area contributed by atoms with Gasteiger partial charge in [-0.05, 0) is 31.4 Å². The minimum atomic E-state index is 0. The lowest BCUT2D eigenvalue weighted by atomic mass is 9.88. The summed E-state index contributed by atoms with van der Waals surface area (Å²) in [7, 11) is 1.74. The highest BCUT2D eigenvalue weighted by molar-refractivity contribution is 14.0. The highest BCUT2D eigenvalue weighted by atomic mass is 127. The van der Waals surface area contributed by atoms with Crippen LogP contribution in [-0.2, 0) is 11.3 Å². The summed E-state index contributed by atoms with van der Waals surface area (Å²) < 4.78 is 5.31. The highest BCUT2D eigenvalue weighted by Crippen LogP contribution is 2.26. The van der Waals surface area contributed by atoms with E-state index in [0.29, 0.717) is 35.8 Å². The van der Waals surface area contributed by atoms with E-state index in [0.717, 1.165) is 32.4 Å². The van der Waals surface area contributed by atoms with Crippen molar-refractivity contribution >= 4 is 35.8 Å². The molecule has 0 bridgehead atoms. The number of halogens is 1. The molecule has 10 heteroatoms. The molecule has 2 fully saturated rings. The number of furan rings is 1. The molecular formula is C20H30IN7O2. The van der Waals surface area contributed by atoms with Crippen LogP contribution in [0.1, 0.15) is 44.3 Å². The number of nitrogens with zero attached hydrogens (tertiary/aromatic N) is 4. The van der Waals surface area contributed by atoms with E-state index in [1.807, 2.05) is 11.0 Å². The van der Waals surface area contributed by atoms with Crippen LogP contribution in [0.4, 0.5) is 0 Å². The molecule has 1 aliphatic carbocycles. The molecule has 0 aromatic carbocycles. The van der Waals surface area contributed by atoms with E-state index < -0.39 is 0 Å². The zero-order valence-electron chi connectivity index (χ0n) is 17.3. The van der Waals surface area contributed by atoms with Crippen LogP contribution in [0.3, 0.4) is 0 Å². The maximum absolute atomic E-state index is 12.7. The van der Waals surface area contributed by atoms with Gasteiger partial charge in [0.15, 0.2) is 11.7 Å². The molecule has 3 heterocycles. The number of aliphatic imine (C=N–C) groups is 1. The van der Waals surface area contributed by atoms with Gasteiger partial charge in [0.05, 0.1) is 12.8 Å². The zero-order valence-corrected chi connectivity index (χ0v) is 19.6. The lowest BCUT2D eigenvalue weighted by Crippen LogP contribution is -2.45. The molecule has 164 valence electrons. The zero-order chi connectivity index (χ0) is 20.1. The highest BCUT2D eigenvalue weighted by Gasteiger charge is 2.31. The maximum Gasteiger partial charge on any atom is 0.225 e. The molecule has 9 nitrogen and oxygen atoms in total. The van der Waals surface area contributed by atoms with Gasteiger partial charge in [-0.2, -0.15) is 0 Å². The van der Waals surface area contributed by atoms with Crippen molar-refractivity contribution in [3.05, 3.63) is 24.2 Å². The first-order valence-corrected chi connectivity index (χ1v) is 10.4.